The number of aromatic nitrogens is 1. The minimum atomic E-state index is -0.242. The third-order valence-corrected chi connectivity index (χ3v) is 6.85. The fourth-order valence-electron chi connectivity index (χ4n) is 5.04. The zero-order valence-corrected chi connectivity index (χ0v) is 18.2. The maximum absolute atomic E-state index is 13.2. The summed E-state index contributed by atoms with van der Waals surface area (Å²) in [5.74, 6) is 0.00460. The van der Waals surface area contributed by atoms with E-state index < -0.39 is 0 Å². The fraction of sp³-hybridized carbons (Fsp3) is 0.222. The van der Waals surface area contributed by atoms with Gasteiger partial charge in [-0.25, -0.2) is 0 Å². The van der Waals surface area contributed by atoms with Gasteiger partial charge in [-0.05, 0) is 39.9 Å². The van der Waals surface area contributed by atoms with Crippen LogP contribution in [0.5, 0.6) is 0 Å². The molecule has 2 fully saturated rings. The van der Waals surface area contributed by atoms with Crippen molar-refractivity contribution >= 4 is 33.4 Å². The molecule has 2 amide bonds. The van der Waals surface area contributed by atoms with Crippen LogP contribution in [-0.2, 0) is 4.79 Å². The summed E-state index contributed by atoms with van der Waals surface area (Å²) in [5, 5.41) is 7.29. The molecule has 0 saturated carbocycles. The highest BCUT2D eigenvalue weighted by Gasteiger charge is 2.36. The molecule has 0 aliphatic carbocycles. The van der Waals surface area contributed by atoms with E-state index in [9.17, 15) is 9.59 Å². The van der Waals surface area contributed by atoms with Crippen molar-refractivity contribution in [2.24, 2.45) is 0 Å². The number of pyridine rings is 1. The lowest BCUT2D eigenvalue weighted by Crippen LogP contribution is -2.64. The van der Waals surface area contributed by atoms with E-state index in [1.54, 1.807) is 0 Å². The molecule has 3 heterocycles. The third kappa shape index (κ3) is 3.52. The molecule has 3 aromatic carbocycles. The van der Waals surface area contributed by atoms with Gasteiger partial charge in [0, 0.05) is 61.6 Å². The van der Waals surface area contributed by atoms with Crippen molar-refractivity contribution in [3.05, 3.63) is 78.6 Å². The van der Waals surface area contributed by atoms with Crippen molar-refractivity contribution in [1.82, 2.24) is 20.1 Å². The summed E-state index contributed by atoms with van der Waals surface area (Å²) in [6.45, 7) is 3.36. The van der Waals surface area contributed by atoms with Gasteiger partial charge in [-0.15, -0.1) is 0 Å². The molecule has 2 saturated heterocycles. The average Bonchev–Trinajstić information content (AvgIpc) is 2.87. The Morgan fingerprint density at radius 1 is 0.909 bits per heavy atom. The van der Waals surface area contributed by atoms with E-state index in [1.165, 1.54) is 5.39 Å². The molecule has 0 radical (unpaired) electrons. The van der Waals surface area contributed by atoms with Crippen LogP contribution in [-0.4, -0.2) is 65.4 Å². The van der Waals surface area contributed by atoms with Crippen LogP contribution in [0.15, 0.2) is 73.1 Å². The lowest BCUT2D eigenvalue weighted by Gasteiger charge is -2.43. The Balaban J connectivity index is 1.29. The van der Waals surface area contributed by atoms with Gasteiger partial charge in [0.15, 0.2) is 0 Å². The van der Waals surface area contributed by atoms with Gasteiger partial charge in [-0.2, -0.15) is 0 Å². The van der Waals surface area contributed by atoms with E-state index in [1.807, 2.05) is 47.6 Å². The van der Waals surface area contributed by atoms with E-state index in [0.717, 1.165) is 40.4 Å². The number of carbonyl (C=O) groups is 2. The second-order valence-electron chi connectivity index (χ2n) is 8.78. The third-order valence-electron chi connectivity index (χ3n) is 6.85. The molecule has 6 heteroatoms. The van der Waals surface area contributed by atoms with Gasteiger partial charge >= 0.3 is 0 Å². The summed E-state index contributed by atoms with van der Waals surface area (Å²) in [7, 11) is 0. The number of piperazine rings is 2. The Labute approximate surface area is 191 Å². The molecule has 4 aromatic rings. The van der Waals surface area contributed by atoms with Crippen LogP contribution in [0, 0.1) is 0 Å². The summed E-state index contributed by atoms with van der Waals surface area (Å²) in [4.78, 5) is 33.9. The van der Waals surface area contributed by atoms with Crippen molar-refractivity contribution in [2.75, 3.05) is 32.7 Å². The van der Waals surface area contributed by atoms with E-state index in [2.05, 4.69) is 45.5 Å². The molecular formula is C27H24N4O2. The average molecular weight is 437 g/mol. The normalized spacial score (nSPS) is 18.8. The zero-order chi connectivity index (χ0) is 22.4. The quantitative estimate of drug-likeness (QED) is 0.524. The first-order chi connectivity index (χ1) is 16.2. The van der Waals surface area contributed by atoms with Gasteiger partial charge in [0.1, 0.15) is 6.04 Å². The standard InChI is InChI=1S/C27H24N4O2/c32-26-25-17-31(12-11-30(25)10-9-29-26)27(33)21-8-6-18-13-20(7-5-19(18)14-21)24-16-28-15-22-3-1-2-4-23(22)24/h1-8,13-16,25H,9-12,17H2,(H,29,32). The van der Waals surface area contributed by atoms with E-state index in [0.29, 0.717) is 25.2 Å². The number of amides is 2. The van der Waals surface area contributed by atoms with Gasteiger partial charge in [0.05, 0.1) is 0 Å². The molecule has 0 spiro atoms. The SMILES string of the molecule is O=C1NCCN2CCN(C(=O)c3ccc4cc(-c5cncc6ccccc56)ccc4c3)CC12. The fourth-order valence-corrected chi connectivity index (χ4v) is 5.04. The van der Waals surface area contributed by atoms with Crippen LogP contribution in [0.1, 0.15) is 10.4 Å². The summed E-state index contributed by atoms with van der Waals surface area (Å²) >= 11 is 0. The Bertz CT molecular complexity index is 1390. The molecule has 0 bridgehead atoms. The Hall–Kier alpha value is -3.77. The smallest absolute Gasteiger partial charge is 0.253 e. The number of nitrogens with one attached hydrogen (secondary N) is 1. The Morgan fingerprint density at radius 3 is 2.70 bits per heavy atom. The maximum Gasteiger partial charge on any atom is 0.253 e. The number of fused-ring (bicyclic) bond motifs is 3. The first-order valence-electron chi connectivity index (χ1n) is 11.4. The predicted octanol–water partition coefficient (Wildman–Crippen LogP) is 3.31. The van der Waals surface area contributed by atoms with Gasteiger partial charge in [-0.3, -0.25) is 19.5 Å². The van der Waals surface area contributed by atoms with Crippen LogP contribution in [0.4, 0.5) is 0 Å². The highest BCUT2D eigenvalue weighted by Crippen LogP contribution is 2.30. The summed E-state index contributed by atoms with van der Waals surface area (Å²) in [6.07, 6.45) is 3.79. The lowest BCUT2D eigenvalue weighted by atomic mass is 9.97. The highest BCUT2D eigenvalue weighted by molar-refractivity contribution is 6.01. The molecule has 2 aliphatic rings. The van der Waals surface area contributed by atoms with E-state index >= 15 is 0 Å². The van der Waals surface area contributed by atoms with Crippen molar-refractivity contribution in [1.29, 1.82) is 0 Å². The molecule has 1 aromatic heterocycles. The highest BCUT2D eigenvalue weighted by atomic mass is 16.2. The molecule has 6 nitrogen and oxygen atoms in total. The first-order valence-corrected chi connectivity index (χ1v) is 11.4. The summed E-state index contributed by atoms with van der Waals surface area (Å²) in [5.41, 5.74) is 2.86. The van der Waals surface area contributed by atoms with Crippen LogP contribution in [0.3, 0.4) is 0 Å². The molecule has 1 N–H and O–H groups in total. The second kappa shape index (κ2) is 7.98. The number of hydrogen-bond donors (Lipinski definition) is 1. The van der Waals surface area contributed by atoms with E-state index in [-0.39, 0.29) is 17.9 Å². The Morgan fingerprint density at radius 2 is 1.76 bits per heavy atom. The number of benzene rings is 3. The van der Waals surface area contributed by atoms with Crippen LogP contribution < -0.4 is 5.32 Å². The van der Waals surface area contributed by atoms with Gasteiger partial charge in [-0.1, -0.05) is 42.5 Å². The molecular weight excluding hydrogens is 412 g/mol. The van der Waals surface area contributed by atoms with Crippen LogP contribution >= 0.6 is 0 Å². The molecule has 33 heavy (non-hydrogen) atoms. The number of nitrogens with zero attached hydrogens (tertiary/aromatic N) is 3. The molecule has 164 valence electrons. The van der Waals surface area contributed by atoms with Gasteiger partial charge in [0.25, 0.3) is 5.91 Å². The van der Waals surface area contributed by atoms with Crippen LogP contribution in [0.2, 0.25) is 0 Å². The largest absolute Gasteiger partial charge is 0.353 e. The number of rotatable bonds is 2. The van der Waals surface area contributed by atoms with Crippen molar-refractivity contribution < 1.29 is 9.59 Å². The topological polar surface area (TPSA) is 65.5 Å². The predicted molar refractivity (Wildman–Crippen MR) is 129 cm³/mol. The maximum atomic E-state index is 13.2. The van der Waals surface area contributed by atoms with E-state index in [4.69, 9.17) is 0 Å². The van der Waals surface area contributed by atoms with Crippen molar-refractivity contribution in [3.63, 3.8) is 0 Å². The zero-order valence-electron chi connectivity index (χ0n) is 18.2. The molecule has 6 rings (SSSR count). The number of hydrogen-bond acceptors (Lipinski definition) is 4. The summed E-state index contributed by atoms with van der Waals surface area (Å²) in [6, 6.07) is 20.2. The van der Waals surface area contributed by atoms with Gasteiger partial charge < -0.3 is 10.2 Å². The monoisotopic (exact) mass is 436 g/mol. The lowest BCUT2D eigenvalue weighted by molar-refractivity contribution is -0.131. The molecule has 2 aliphatic heterocycles. The van der Waals surface area contributed by atoms with Gasteiger partial charge in [0.2, 0.25) is 5.91 Å². The minimum Gasteiger partial charge on any atom is -0.353 e. The molecule has 1 unspecified atom stereocenters. The first kappa shape index (κ1) is 19.9. The van der Waals surface area contributed by atoms with Crippen molar-refractivity contribution in [2.45, 2.75) is 6.04 Å². The second-order valence-corrected chi connectivity index (χ2v) is 8.78. The van der Waals surface area contributed by atoms with Crippen LogP contribution in [0.25, 0.3) is 32.7 Å². The summed E-state index contributed by atoms with van der Waals surface area (Å²) < 4.78 is 0. The minimum absolute atomic E-state index is 0.0164. The Kier molecular flexibility index (Phi) is 4.80. The number of carbonyl (C=O) groups excluding carboxylic acids is 2. The molecule has 1 atom stereocenters. The van der Waals surface area contributed by atoms with Crippen molar-refractivity contribution in [3.8, 4) is 11.1 Å².